The third-order valence-corrected chi connectivity index (χ3v) is 3.58. The predicted molar refractivity (Wildman–Crippen MR) is 94.1 cm³/mol. The summed E-state index contributed by atoms with van der Waals surface area (Å²) in [5.41, 5.74) is 0.764. The Bertz CT molecular complexity index is 604. The topological polar surface area (TPSA) is 80.3 Å². The Hall–Kier alpha value is -2.48. The average molecular weight is 353 g/mol. The number of hydrogen-bond donors (Lipinski definition) is 1. The molecule has 0 heterocycles. The average Bonchev–Trinajstić information content (AvgIpc) is 2.58. The zero-order valence-corrected chi connectivity index (χ0v) is 15.7. The van der Waals surface area contributed by atoms with Crippen LogP contribution in [-0.2, 0) is 16.1 Å². The third kappa shape index (κ3) is 6.15. The number of nitrogens with zero attached hydrogens (tertiary/aromatic N) is 2. The summed E-state index contributed by atoms with van der Waals surface area (Å²) in [5, 5.41) is 2.81. The monoisotopic (exact) mass is 353 g/mol. The van der Waals surface area contributed by atoms with Gasteiger partial charge in [-0.3, -0.25) is 14.5 Å². The normalized spacial score (nSPS) is 10.4. The van der Waals surface area contributed by atoms with Gasteiger partial charge < -0.3 is 24.4 Å². The minimum absolute atomic E-state index is 0.0585. The van der Waals surface area contributed by atoms with Crippen LogP contribution in [0.1, 0.15) is 5.56 Å². The lowest BCUT2D eigenvalue weighted by atomic mass is 10.1. The van der Waals surface area contributed by atoms with Crippen LogP contribution >= 0.6 is 0 Å². The lowest BCUT2D eigenvalue weighted by Gasteiger charge is -2.19. The van der Waals surface area contributed by atoms with Gasteiger partial charge in [-0.2, -0.15) is 0 Å². The van der Waals surface area contributed by atoms with Crippen LogP contribution in [0.25, 0.3) is 0 Å². The van der Waals surface area contributed by atoms with E-state index in [-0.39, 0.29) is 31.4 Å². The van der Waals surface area contributed by atoms with Crippen molar-refractivity contribution in [2.45, 2.75) is 6.54 Å². The fourth-order valence-corrected chi connectivity index (χ4v) is 2.15. The van der Waals surface area contributed by atoms with E-state index in [0.29, 0.717) is 17.2 Å². The number of carbonyl (C=O) groups excluding carboxylic acids is 2. The third-order valence-electron chi connectivity index (χ3n) is 3.58. The molecule has 25 heavy (non-hydrogen) atoms. The first-order valence-electron chi connectivity index (χ1n) is 7.76. The predicted octanol–water partition coefficient (Wildman–Crippen LogP) is 0.349. The molecule has 1 N–H and O–H groups in total. The smallest absolute Gasteiger partial charge is 0.236 e. The number of rotatable bonds is 9. The highest BCUT2D eigenvalue weighted by atomic mass is 16.5. The molecule has 0 saturated carbocycles. The summed E-state index contributed by atoms with van der Waals surface area (Å²) in [5.74, 6) is 1.45. The molecule has 0 atom stereocenters. The van der Waals surface area contributed by atoms with Crippen molar-refractivity contribution in [1.82, 2.24) is 15.1 Å². The second-order valence-corrected chi connectivity index (χ2v) is 5.76. The maximum atomic E-state index is 12.1. The molecular weight excluding hydrogens is 326 g/mol. The van der Waals surface area contributed by atoms with E-state index in [1.165, 1.54) is 4.90 Å². The van der Waals surface area contributed by atoms with Gasteiger partial charge in [-0.25, -0.2) is 0 Å². The first-order valence-corrected chi connectivity index (χ1v) is 7.76. The van der Waals surface area contributed by atoms with Crippen molar-refractivity contribution in [3.05, 3.63) is 17.7 Å². The number of likely N-dealkylation sites (N-methyl/N-ethyl adjacent to an activating group) is 2. The van der Waals surface area contributed by atoms with Gasteiger partial charge in [0.25, 0.3) is 0 Å². The zero-order valence-electron chi connectivity index (χ0n) is 15.7. The summed E-state index contributed by atoms with van der Waals surface area (Å²) in [4.78, 5) is 26.9. The van der Waals surface area contributed by atoms with Crippen LogP contribution in [0.2, 0.25) is 0 Å². The number of ether oxygens (including phenoxy) is 3. The Kier molecular flexibility index (Phi) is 8.00. The van der Waals surface area contributed by atoms with Gasteiger partial charge in [0.05, 0.1) is 34.4 Å². The number of benzene rings is 1. The molecule has 0 unspecified atom stereocenters. The van der Waals surface area contributed by atoms with Crippen molar-refractivity contribution in [2.24, 2.45) is 0 Å². The molecule has 0 bridgehead atoms. The number of carbonyl (C=O) groups is 2. The molecule has 1 aromatic carbocycles. The van der Waals surface area contributed by atoms with E-state index in [1.54, 1.807) is 59.5 Å². The summed E-state index contributed by atoms with van der Waals surface area (Å²) in [6.45, 7) is 0.577. The van der Waals surface area contributed by atoms with Gasteiger partial charge in [-0.1, -0.05) is 0 Å². The van der Waals surface area contributed by atoms with Gasteiger partial charge in [0, 0.05) is 32.3 Å². The highest BCUT2D eigenvalue weighted by molar-refractivity contribution is 5.81. The van der Waals surface area contributed by atoms with E-state index in [9.17, 15) is 9.59 Å². The molecule has 0 spiro atoms. The van der Waals surface area contributed by atoms with Gasteiger partial charge >= 0.3 is 0 Å². The molecule has 0 fully saturated rings. The Balaban J connectivity index is 2.67. The number of methoxy groups -OCH3 is 3. The van der Waals surface area contributed by atoms with Crippen molar-refractivity contribution < 1.29 is 23.8 Å². The SMILES string of the molecule is COc1cc(OC)c(OC)cc1CNC(=O)CN(C)CC(=O)N(C)C. The van der Waals surface area contributed by atoms with Crippen LogP contribution in [-0.4, -0.2) is 77.2 Å². The van der Waals surface area contributed by atoms with E-state index in [2.05, 4.69) is 5.32 Å². The standard InChI is InChI=1S/C17H27N3O5/c1-19(2)17(22)11-20(3)10-16(21)18-9-12-7-14(24-5)15(25-6)8-13(12)23-4/h7-8H,9-11H2,1-6H3,(H,18,21). The van der Waals surface area contributed by atoms with Crippen LogP contribution in [0.5, 0.6) is 17.2 Å². The van der Waals surface area contributed by atoms with Crippen LogP contribution in [0.4, 0.5) is 0 Å². The van der Waals surface area contributed by atoms with E-state index in [1.807, 2.05) is 0 Å². The molecule has 0 aliphatic rings. The Morgan fingerprint density at radius 2 is 1.48 bits per heavy atom. The summed E-state index contributed by atoms with van der Waals surface area (Å²) < 4.78 is 15.8. The molecular formula is C17H27N3O5. The maximum Gasteiger partial charge on any atom is 0.236 e. The molecule has 140 valence electrons. The molecule has 0 radical (unpaired) electrons. The van der Waals surface area contributed by atoms with Gasteiger partial charge in [-0.15, -0.1) is 0 Å². The minimum atomic E-state index is -0.189. The van der Waals surface area contributed by atoms with Gasteiger partial charge in [0.2, 0.25) is 11.8 Å². The van der Waals surface area contributed by atoms with Crippen LogP contribution < -0.4 is 19.5 Å². The number of nitrogens with one attached hydrogen (secondary N) is 1. The minimum Gasteiger partial charge on any atom is -0.496 e. The lowest BCUT2D eigenvalue weighted by molar-refractivity contribution is -0.130. The second kappa shape index (κ2) is 9.73. The largest absolute Gasteiger partial charge is 0.496 e. The van der Waals surface area contributed by atoms with Crippen molar-refractivity contribution in [2.75, 3.05) is 55.6 Å². The summed E-state index contributed by atoms with van der Waals surface area (Å²) in [6.07, 6.45) is 0. The summed E-state index contributed by atoms with van der Waals surface area (Å²) >= 11 is 0. The molecule has 1 rings (SSSR count). The number of hydrogen-bond acceptors (Lipinski definition) is 6. The van der Waals surface area contributed by atoms with Crippen LogP contribution in [0.3, 0.4) is 0 Å². The fraction of sp³-hybridized carbons (Fsp3) is 0.529. The second-order valence-electron chi connectivity index (χ2n) is 5.76. The molecule has 1 aromatic rings. The van der Waals surface area contributed by atoms with E-state index in [4.69, 9.17) is 14.2 Å². The first kappa shape index (κ1) is 20.6. The van der Waals surface area contributed by atoms with Gasteiger partial charge in [0.15, 0.2) is 11.5 Å². The molecule has 0 aromatic heterocycles. The molecule has 0 aliphatic heterocycles. The van der Waals surface area contributed by atoms with E-state index < -0.39 is 0 Å². The quantitative estimate of drug-likeness (QED) is 0.690. The molecule has 0 aliphatic carbocycles. The zero-order chi connectivity index (χ0) is 19.0. The lowest BCUT2D eigenvalue weighted by Crippen LogP contribution is -2.40. The van der Waals surface area contributed by atoms with Gasteiger partial charge in [0.1, 0.15) is 5.75 Å². The fourth-order valence-electron chi connectivity index (χ4n) is 2.15. The van der Waals surface area contributed by atoms with Gasteiger partial charge in [-0.05, 0) is 13.1 Å². The Labute approximate surface area is 148 Å². The van der Waals surface area contributed by atoms with E-state index >= 15 is 0 Å². The Morgan fingerprint density at radius 1 is 0.920 bits per heavy atom. The van der Waals surface area contributed by atoms with Crippen molar-refractivity contribution in [3.63, 3.8) is 0 Å². The molecule has 8 heteroatoms. The highest BCUT2D eigenvalue weighted by Crippen LogP contribution is 2.34. The highest BCUT2D eigenvalue weighted by Gasteiger charge is 2.15. The molecule has 8 nitrogen and oxygen atoms in total. The van der Waals surface area contributed by atoms with E-state index in [0.717, 1.165) is 5.56 Å². The Morgan fingerprint density at radius 3 is 2.00 bits per heavy atom. The summed E-state index contributed by atoms with van der Waals surface area (Å²) in [6, 6.07) is 3.47. The van der Waals surface area contributed by atoms with Crippen molar-refractivity contribution >= 4 is 11.8 Å². The van der Waals surface area contributed by atoms with Crippen LogP contribution in [0, 0.1) is 0 Å². The number of amides is 2. The first-order chi connectivity index (χ1) is 11.8. The van der Waals surface area contributed by atoms with Crippen molar-refractivity contribution in [1.29, 1.82) is 0 Å². The van der Waals surface area contributed by atoms with Crippen LogP contribution in [0.15, 0.2) is 12.1 Å². The summed E-state index contributed by atoms with van der Waals surface area (Å²) in [7, 11) is 9.72. The van der Waals surface area contributed by atoms with Crippen molar-refractivity contribution in [3.8, 4) is 17.2 Å². The molecule has 2 amide bonds. The molecule has 0 saturated heterocycles. The maximum absolute atomic E-state index is 12.1.